The molecule has 0 saturated carbocycles. The van der Waals surface area contributed by atoms with Crippen molar-refractivity contribution < 1.29 is 18.4 Å². The molecule has 11 nitrogen and oxygen atoms in total. The molecule has 1 unspecified atom stereocenters. The van der Waals surface area contributed by atoms with Crippen molar-refractivity contribution in [2.75, 3.05) is 38.2 Å². The summed E-state index contributed by atoms with van der Waals surface area (Å²) in [6, 6.07) is 18.4. The quantitative estimate of drug-likeness (QED) is 0.208. The normalized spacial score (nSPS) is 14.6. The van der Waals surface area contributed by atoms with Gasteiger partial charge >= 0.3 is 0 Å². The van der Waals surface area contributed by atoms with Crippen molar-refractivity contribution >= 4 is 44.4 Å². The van der Waals surface area contributed by atoms with Gasteiger partial charge in [-0.15, -0.1) is 15.6 Å². The summed E-state index contributed by atoms with van der Waals surface area (Å²) in [5.74, 6) is 1.85. The molecule has 0 bridgehead atoms. The molecule has 2 aromatic carbocycles. The Hall–Kier alpha value is -4.61. The third kappa shape index (κ3) is 5.56. The third-order valence-corrected chi connectivity index (χ3v) is 9.82. The number of aromatic nitrogens is 4. The Morgan fingerprint density at radius 2 is 1.89 bits per heavy atom. The molecule has 4 aromatic heterocycles. The molecule has 1 aliphatic heterocycles. The van der Waals surface area contributed by atoms with Crippen LogP contribution in [0.15, 0.2) is 75.5 Å². The van der Waals surface area contributed by atoms with Crippen LogP contribution in [0.2, 0.25) is 0 Å². The SMILES string of the molecule is COc1cc(OCc2csc(N3CCN([S+]([O-])c4ccc(C#N)cc4)CC3)n2)c2cc(-c3cn4nc(C)ccc4n3)oc2c1. The van der Waals surface area contributed by atoms with Gasteiger partial charge in [0.2, 0.25) is 0 Å². The molecular weight excluding hydrogens is 599 g/mol. The number of nitriles is 1. The molecular formula is C31H27N7O4S2. The lowest BCUT2D eigenvalue weighted by Gasteiger charge is -2.33. The van der Waals surface area contributed by atoms with Gasteiger partial charge in [-0.2, -0.15) is 10.4 Å². The number of benzene rings is 2. The first kappa shape index (κ1) is 28.2. The van der Waals surface area contributed by atoms with Gasteiger partial charge in [0.1, 0.15) is 29.4 Å². The Balaban J connectivity index is 1.03. The van der Waals surface area contributed by atoms with Gasteiger partial charge in [0.15, 0.2) is 21.4 Å². The minimum Gasteiger partial charge on any atom is -0.593 e. The van der Waals surface area contributed by atoms with E-state index < -0.39 is 11.4 Å². The molecule has 0 amide bonds. The number of furan rings is 1. The smallest absolute Gasteiger partial charge is 0.185 e. The highest BCUT2D eigenvalue weighted by atomic mass is 32.2. The van der Waals surface area contributed by atoms with Crippen molar-refractivity contribution in [3.05, 3.63) is 83.1 Å². The van der Waals surface area contributed by atoms with Crippen molar-refractivity contribution in [2.24, 2.45) is 0 Å². The van der Waals surface area contributed by atoms with E-state index in [2.05, 4.69) is 21.1 Å². The summed E-state index contributed by atoms with van der Waals surface area (Å²) >= 11 is 0.300. The molecule has 6 aromatic rings. The fraction of sp³-hybridized carbons (Fsp3) is 0.226. The largest absolute Gasteiger partial charge is 0.593 e. The van der Waals surface area contributed by atoms with Crippen LogP contribution in [-0.4, -0.2) is 61.7 Å². The predicted octanol–water partition coefficient (Wildman–Crippen LogP) is 5.21. The lowest BCUT2D eigenvalue weighted by atomic mass is 10.2. The monoisotopic (exact) mass is 625 g/mol. The van der Waals surface area contributed by atoms with Gasteiger partial charge in [-0.25, -0.2) is 14.5 Å². The van der Waals surface area contributed by atoms with Crippen LogP contribution in [-0.2, 0) is 18.0 Å². The molecule has 13 heteroatoms. The Morgan fingerprint density at radius 3 is 2.66 bits per heavy atom. The van der Waals surface area contributed by atoms with E-state index in [1.54, 1.807) is 47.2 Å². The van der Waals surface area contributed by atoms with Crippen LogP contribution in [0, 0.1) is 18.3 Å². The topological polar surface area (TPSA) is 128 Å². The summed E-state index contributed by atoms with van der Waals surface area (Å²) in [6.07, 6.45) is 1.85. The van der Waals surface area contributed by atoms with Crippen LogP contribution >= 0.6 is 11.3 Å². The Bertz CT molecular complexity index is 1990. The van der Waals surface area contributed by atoms with Gasteiger partial charge < -0.3 is 23.3 Å². The van der Waals surface area contributed by atoms with E-state index in [0.29, 0.717) is 65.2 Å². The van der Waals surface area contributed by atoms with Crippen molar-refractivity contribution in [1.82, 2.24) is 23.9 Å². The van der Waals surface area contributed by atoms with Crippen LogP contribution in [0.1, 0.15) is 17.0 Å². The number of hydrogen-bond acceptors (Lipinski definition) is 11. The second-order valence-electron chi connectivity index (χ2n) is 10.3. The number of thiazole rings is 1. The number of methoxy groups -OCH3 is 1. The zero-order chi connectivity index (χ0) is 30.2. The standard InChI is InChI=1S/C31H27N7O4S2/c1-20-3-8-30-34-26(17-38(30)35-20)29-15-25-27(13-23(40-2)14-28(25)42-29)41-18-22-19-43-31(33-22)36-9-11-37(12-10-36)44(39)24-6-4-21(16-32)5-7-24/h3-8,13-15,17,19H,9-12,18H2,1-2H3. The lowest BCUT2D eigenvalue weighted by molar-refractivity contribution is 0.303. The van der Waals surface area contributed by atoms with E-state index in [-0.39, 0.29) is 6.61 Å². The average molecular weight is 626 g/mol. The molecule has 7 rings (SSSR count). The Morgan fingerprint density at radius 1 is 1.07 bits per heavy atom. The Labute approximate surface area is 260 Å². The van der Waals surface area contributed by atoms with Gasteiger partial charge in [-0.1, -0.05) is 0 Å². The molecule has 1 fully saturated rings. The number of imidazole rings is 1. The molecule has 0 spiro atoms. The molecule has 44 heavy (non-hydrogen) atoms. The van der Waals surface area contributed by atoms with Crippen molar-refractivity contribution in [2.45, 2.75) is 18.4 Å². The van der Waals surface area contributed by atoms with Crippen molar-refractivity contribution in [1.29, 1.82) is 5.26 Å². The number of anilines is 1. The molecule has 1 atom stereocenters. The molecule has 0 aliphatic carbocycles. The van der Waals surface area contributed by atoms with Crippen LogP contribution in [0.4, 0.5) is 5.13 Å². The number of piperazine rings is 1. The first-order valence-electron chi connectivity index (χ1n) is 13.9. The lowest BCUT2D eigenvalue weighted by Crippen LogP contribution is -2.48. The Kier molecular flexibility index (Phi) is 7.57. The number of nitrogens with zero attached hydrogens (tertiary/aromatic N) is 7. The number of aryl methyl sites for hydroxylation is 1. The zero-order valence-corrected chi connectivity index (χ0v) is 25.6. The molecule has 222 valence electrons. The van der Waals surface area contributed by atoms with Gasteiger partial charge in [-0.3, -0.25) is 0 Å². The molecule has 0 N–H and O–H groups in total. The summed E-state index contributed by atoms with van der Waals surface area (Å²) in [5.41, 5.74) is 4.31. The van der Waals surface area contributed by atoms with E-state index in [0.717, 1.165) is 27.6 Å². The van der Waals surface area contributed by atoms with Gasteiger partial charge in [0.25, 0.3) is 0 Å². The van der Waals surface area contributed by atoms with Gasteiger partial charge in [0.05, 0.1) is 66.2 Å². The van der Waals surface area contributed by atoms with E-state index in [1.165, 1.54) is 0 Å². The van der Waals surface area contributed by atoms with E-state index in [4.69, 9.17) is 24.1 Å². The highest BCUT2D eigenvalue weighted by Gasteiger charge is 2.28. The second kappa shape index (κ2) is 11.8. The molecule has 5 heterocycles. The molecule has 1 saturated heterocycles. The zero-order valence-electron chi connectivity index (χ0n) is 24.0. The minimum absolute atomic E-state index is 0.277. The van der Waals surface area contributed by atoms with Gasteiger partial charge in [-0.05, 0) is 49.4 Å². The van der Waals surface area contributed by atoms with E-state index in [9.17, 15) is 4.55 Å². The number of fused-ring (bicyclic) bond motifs is 2. The fourth-order valence-corrected chi connectivity index (χ4v) is 7.07. The van der Waals surface area contributed by atoms with Crippen molar-refractivity contribution in [3.63, 3.8) is 0 Å². The third-order valence-electron chi connectivity index (χ3n) is 7.36. The summed E-state index contributed by atoms with van der Waals surface area (Å²) in [7, 11) is 1.61. The predicted molar refractivity (Wildman–Crippen MR) is 167 cm³/mol. The molecule has 1 aliphatic rings. The van der Waals surface area contributed by atoms with Crippen LogP contribution in [0.25, 0.3) is 28.1 Å². The van der Waals surface area contributed by atoms with Crippen LogP contribution in [0.5, 0.6) is 11.5 Å². The maximum atomic E-state index is 13.0. The molecule has 0 radical (unpaired) electrons. The van der Waals surface area contributed by atoms with E-state index >= 15 is 0 Å². The van der Waals surface area contributed by atoms with E-state index in [1.807, 2.05) is 53.1 Å². The summed E-state index contributed by atoms with van der Waals surface area (Å²) < 4.78 is 34.7. The summed E-state index contributed by atoms with van der Waals surface area (Å²) in [4.78, 5) is 12.4. The highest BCUT2D eigenvalue weighted by Crippen LogP contribution is 2.37. The summed E-state index contributed by atoms with van der Waals surface area (Å²) in [5, 5.41) is 17.2. The maximum absolute atomic E-state index is 13.0. The number of rotatable bonds is 8. The number of hydrogen-bond donors (Lipinski definition) is 0. The highest BCUT2D eigenvalue weighted by molar-refractivity contribution is 7.89. The summed E-state index contributed by atoms with van der Waals surface area (Å²) in [6.45, 7) is 4.92. The first-order chi connectivity index (χ1) is 21.5. The van der Waals surface area contributed by atoms with Gasteiger partial charge in [0, 0.05) is 30.6 Å². The van der Waals surface area contributed by atoms with Crippen LogP contribution < -0.4 is 14.4 Å². The maximum Gasteiger partial charge on any atom is 0.185 e. The number of ether oxygens (including phenoxy) is 2. The van der Waals surface area contributed by atoms with Crippen molar-refractivity contribution in [3.8, 4) is 29.0 Å². The van der Waals surface area contributed by atoms with Crippen LogP contribution in [0.3, 0.4) is 0 Å². The second-order valence-corrected chi connectivity index (χ2v) is 12.6. The first-order valence-corrected chi connectivity index (χ1v) is 15.9. The minimum atomic E-state index is -1.27. The average Bonchev–Trinajstić information content (AvgIpc) is 3.81. The fourth-order valence-electron chi connectivity index (χ4n) is 5.04.